The van der Waals surface area contributed by atoms with Crippen LogP contribution in [0.4, 0.5) is 0 Å². The Morgan fingerprint density at radius 1 is 1.48 bits per heavy atom. The molecule has 1 saturated carbocycles. The van der Waals surface area contributed by atoms with Crippen LogP contribution in [-0.4, -0.2) is 17.4 Å². The molecule has 2 unspecified atom stereocenters. The molecule has 3 rings (SSSR count). The van der Waals surface area contributed by atoms with Crippen molar-refractivity contribution in [2.75, 3.05) is 6.54 Å². The van der Waals surface area contributed by atoms with Gasteiger partial charge in [0.15, 0.2) is 0 Å². The third-order valence-electron chi connectivity index (χ3n) is 3.78. The van der Waals surface area contributed by atoms with E-state index in [9.17, 15) is 4.79 Å². The van der Waals surface area contributed by atoms with E-state index in [0.29, 0.717) is 6.54 Å². The Balaban J connectivity index is 1.48. The maximum absolute atomic E-state index is 12.1. The summed E-state index contributed by atoms with van der Waals surface area (Å²) in [7, 11) is 0. The van der Waals surface area contributed by atoms with Gasteiger partial charge in [0.25, 0.3) is 0 Å². The molecule has 0 radical (unpaired) electrons. The molecule has 5 heteroatoms. The molecule has 21 heavy (non-hydrogen) atoms. The summed E-state index contributed by atoms with van der Waals surface area (Å²) in [6, 6.07) is 7.78. The van der Waals surface area contributed by atoms with Crippen molar-refractivity contribution in [2.24, 2.45) is 5.92 Å². The number of halogens is 1. The van der Waals surface area contributed by atoms with Crippen LogP contribution in [0.25, 0.3) is 0 Å². The summed E-state index contributed by atoms with van der Waals surface area (Å²) >= 11 is 7.82. The number of aryl methyl sites for hydroxylation is 1. The first-order valence-corrected chi connectivity index (χ1v) is 8.34. The standard InChI is InChI=1S/C16H17ClN2OS/c1-10-19-11(9-21-10)6-7-18-16(20)14-8-13(14)12-4-2-3-5-15(12)17/h2-5,9,13-14H,6-8H2,1H3,(H,18,20). The molecule has 1 amide bonds. The highest BCUT2D eigenvalue weighted by atomic mass is 35.5. The Morgan fingerprint density at radius 3 is 3.00 bits per heavy atom. The van der Waals surface area contributed by atoms with Crippen molar-refractivity contribution in [3.8, 4) is 0 Å². The van der Waals surface area contributed by atoms with E-state index in [0.717, 1.165) is 34.1 Å². The molecule has 1 N–H and O–H groups in total. The Labute approximate surface area is 133 Å². The second-order valence-electron chi connectivity index (χ2n) is 5.37. The molecule has 0 saturated heterocycles. The van der Waals surface area contributed by atoms with Crippen LogP contribution in [0, 0.1) is 12.8 Å². The smallest absolute Gasteiger partial charge is 0.223 e. The molecule has 1 heterocycles. The second kappa shape index (κ2) is 6.16. The van der Waals surface area contributed by atoms with Gasteiger partial charge in [-0.05, 0) is 30.9 Å². The normalized spacial score (nSPS) is 20.3. The summed E-state index contributed by atoms with van der Waals surface area (Å²) in [6.07, 6.45) is 1.69. The summed E-state index contributed by atoms with van der Waals surface area (Å²) in [4.78, 5) is 16.5. The number of nitrogens with zero attached hydrogens (tertiary/aromatic N) is 1. The van der Waals surface area contributed by atoms with Gasteiger partial charge in [0, 0.05) is 29.3 Å². The number of carbonyl (C=O) groups excluding carboxylic acids is 1. The van der Waals surface area contributed by atoms with Crippen LogP contribution < -0.4 is 5.32 Å². The van der Waals surface area contributed by atoms with Crippen LogP contribution in [0.2, 0.25) is 5.02 Å². The van der Waals surface area contributed by atoms with Crippen LogP contribution in [0.3, 0.4) is 0 Å². The lowest BCUT2D eigenvalue weighted by Crippen LogP contribution is -2.27. The van der Waals surface area contributed by atoms with E-state index >= 15 is 0 Å². The van der Waals surface area contributed by atoms with Crippen LogP contribution >= 0.6 is 22.9 Å². The molecule has 1 fully saturated rings. The first-order valence-electron chi connectivity index (χ1n) is 7.08. The molecule has 1 aromatic carbocycles. The Bertz CT molecular complexity index is 655. The van der Waals surface area contributed by atoms with Crippen molar-refractivity contribution < 1.29 is 4.79 Å². The highest BCUT2D eigenvalue weighted by molar-refractivity contribution is 7.09. The summed E-state index contributed by atoms with van der Waals surface area (Å²) in [5, 5.41) is 6.88. The van der Waals surface area contributed by atoms with Gasteiger partial charge >= 0.3 is 0 Å². The number of hydrogen-bond donors (Lipinski definition) is 1. The number of carbonyl (C=O) groups is 1. The van der Waals surface area contributed by atoms with Gasteiger partial charge < -0.3 is 5.32 Å². The van der Waals surface area contributed by atoms with E-state index in [2.05, 4.69) is 10.3 Å². The molecule has 1 aliphatic rings. The summed E-state index contributed by atoms with van der Waals surface area (Å²) in [5.74, 6) is 0.481. The van der Waals surface area contributed by atoms with Crippen molar-refractivity contribution >= 4 is 28.8 Å². The maximum atomic E-state index is 12.1. The predicted octanol–water partition coefficient (Wildman–Crippen LogP) is 3.57. The van der Waals surface area contributed by atoms with Gasteiger partial charge in [0.2, 0.25) is 5.91 Å². The molecule has 3 nitrogen and oxygen atoms in total. The quantitative estimate of drug-likeness (QED) is 0.915. The van der Waals surface area contributed by atoms with E-state index in [1.54, 1.807) is 11.3 Å². The average Bonchev–Trinajstić information content (AvgIpc) is 3.16. The number of amides is 1. The van der Waals surface area contributed by atoms with Crippen molar-refractivity contribution in [2.45, 2.75) is 25.7 Å². The predicted molar refractivity (Wildman–Crippen MR) is 85.9 cm³/mol. The topological polar surface area (TPSA) is 42.0 Å². The van der Waals surface area contributed by atoms with Gasteiger partial charge in [-0.1, -0.05) is 29.8 Å². The number of rotatable bonds is 5. The maximum Gasteiger partial charge on any atom is 0.223 e. The zero-order chi connectivity index (χ0) is 14.8. The lowest BCUT2D eigenvalue weighted by atomic mass is 10.1. The molecule has 110 valence electrons. The Morgan fingerprint density at radius 2 is 2.29 bits per heavy atom. The first-order chi connectivity index (χ1) is 10.1. The molecule has 1 aliphatic carbocycles. The molecule has 1 aromatic heterocycles. The Hall–Kier alpha value is -1.39. The number of aromatic nitrogens is 1. The lowest BCUT2D eigenvalue weighted by molar-refractivity contribution is -0.122. The highest BCUT2D eigenvalue weighted by Crippen LogP contribution is 2.49. The first kappa shape index (κ1) is 14.5. The van der Waals surface area contributed by atoms with E-state index in [1.807, 2.05) is 36.6 Å². The van der Waals surface area contributed by atoms with Gasteiger partial charge in [-0.15, -0.1) is 11.3 Å². The zero-order valence-electron chi connectivity index (χ0n) is 11.8. The van der Waals surface area contributed by atoms with Crippen molar-refractivity contribution in [3.05, 3.63) is 50.9 Å². The minimum absolute atomic E-state index is 0.0714. The van der Waals surface area contributed by atoms with Crippen LogP contribution in [0.5, 0.6) is 0 Å². The van der Waals surface area contributed by atoms with E-state index < -0.39 is 0 Å². The number of benzene rings is 1. The van der Waals surface area contributed by atoms with Crippen molar-refractivity contribution in [1.82, 2.24) is 10.3 Å². The minimum atomic E-state index is 0.0714. The Kier molecular flexibility index (Phi) is 4.27. The van der Waals surface area contributed by atoms with Crippen LogP contribution in [-0.2, 0) is 11.2 Å². The van der Waals surface area contributed by atoms with E-state index in [4.69, 9.17) is 11.6 Å². The highest BCUT2D eigenvalue weighted by Gasteiger charge is 2.44. The molecule has 2 atom stereocenters. The van der Waals surface area contributed by atoms with Gasteiger partial charge in [0.1, 0.15) is 0 Å². The minimum Gasteiger partial charge on any atom is -0.355 e. The summed E-state index contributed by atoms with van der Waals surface area (Å²) in [5.41, 5.74) is 2.14. The van der Waals surface area contributed by atoms with Crippen molar-refractivity contribution in [1.29, 1.82) is 0 Å². The van der Waals surface area contributed by atoms with Crippen LogP contribution in [0.1, 0.15) is 28.6 Å². The summed E-state index contributed by atoms with van der Waals surface area (Å²) in [6.45, 7) is 2.64. The number of nitrogens with one attached hydrogen (secondary N) is 1. The fourth-order valence-electron chi connectivity index (χ4n) is 2.57. The van der Waals surface area contributed by atoms with Gasteiger partial charge in [-0.25, -0.2) is 4.98 Å². The number of thiazole rings is 1. The van der Waals surface area contributed by atoms with E-state index in [-0.39, 0.29) is 17.7 Å². The monoisotopic (exact) mass is 320 g/mol. The largest absolute Gasteiger partial charge is 0.355 e. The molecule has 2 aromatic rings. The fraction of sp³-hybridized carbons (Fsp3) is 0.375. The third-order valence-corrected chi connectivity index (χ3v) is 4.95. The molecular formula is C16H17ClN2OS. The molecular weight excluding hydrogens is 304 g/mol. The van der Waals surface area contributed by atoms with Gasteiger partial charge in [0.05, 0.1) is 10.7 Å². The van der Waals surface area contributed by atoms with Crippen LogP contribution in [0.15, 0.2) is 29.6 Å². The lowest BCUT2D eigenvalue weighted by Gasteiger charge is -2.05. The molecule has 0 spiro atoms. The second-order valence-corrected chi connectivity index (χ2v) is 6.84. The SMILES string of the molecule is Cc1nc(CCNC(=O)C2CC2c2ccccc2Cl)cs1. The molecule has 0 bridgehead atoms. The fourth-order valence-corrected chi connectivity index (χ4v) is 3.50. The average molecular weight is 321 g/mol. The number of hydrogen-bond acceptors (Lipinski definition) is 3. The van der Waals surface area contributed by atoms with E-state index in [1.165, 1.54) is 0 Å². The summed E-state index contributed by atoms with van der Waals surface area (Å²) < 4.78 is 0. The van der Waals surface area contributed by atoms with Gasteiger partial charge in [-0.3, -0.25) is 4.79 Å². The third kappa shape index (κ3) is 3.44. The van der Waals surface area contributed by atoms with Crippen molar-refractivity contribution in [3.63, 3.8) is 0 Å². The molecule has 0 aliphatic heterocycles. The van der Waals surface area contributed by atoms with Gasteiger partial charge in [-0.2, -0.15) is 0 Å². The zero-order valence-corrected chi connectivity index (χ0v) is 13.4.